The number of nitrogens with one attached hydrogen (secondary N) is 2. The Morgan fingerprint density at radius 2 is 2.06 bits per heavy atom. The van der Waals surface area contributed by atoms with Gasteiger partial charge in [-0.05, 0) is 31.7 Å². The van der Waals surface area contributed by atoms with Gasteiger partial charge >= 0.3 is 0 Å². The van der Waals surface area contributed by atoms with Crippen molar-refractivity contribution in [3.05, 3.63) is 0 Å². The lowest BCUT2D eigenvalue weighted by molar-refractivity contribution is -0.125. The average molecular weight is 254 g/mol. The monoisotopic (exact) mass is 254 g/mol. The molecule has 1 heterocycles. The highest BCUT2D eigenvalue weighted by Gasteiger charge is 2.19. The van der Waals surface area contributed by atoms with Crippen LogP contribution in [0.2, 0.25) is 0 Å². The van der Waals surface area contributed by atoms with E-state index in [1.54, 1.807) is 0 Å². The van der Waals surface area contributed by atoms with Gasteiger partial charge in [0.2, 0.25) is 5.91 Å². The Balaban J connectivity index is 1.92. The lowest BCUT2D eigenvalue weighted by Crippen LogP contribution is -2.40. The van der Waals surface area contributed by atoms with Gasteiger partial charge in [0.1, 0.15) is 0 Å². The molecule has 1 saturated heterocycles. The maximum absolute atomic E-state index is 11.8. The minimum atomic E-state index is 0.208. The molecule has 18 heavy (non-hydrogen) atoms. The Morgan fingerprint density at radius 3 is 2.72 bits per heavy atom. The summed E-state index contributed by atoms with van der Waals surface area (Å²) in [4.78, 5) is 11.8. The van der Waals surface area contributed by atoms with E-state index in [1.807, 2.05) is 0 Å². The fraction of sp³-hybridized carbons (Fsp3) is 0.933. The highest BCUT2D eigenvalue weighted by molar-refractivity contribution is 5.78. The number of rotatable bonds is 8. The van der Waals surface area contributed by atoms with Crippen molar-refractivity contribution in [3.8, 4) is 0 Å². The third-order valence-corrected chi connectivity index (χ3v) is 3.68. The first kappa shape index (κ1) is 15.5. The second kappa shape index (κ2) is 9.37. The van der Waals surface area contributed by atoms with E-state index in [4.69, 9.17) is 0 Å². The minimum Gasteiger partial charge on any atom is -0.356 e. The lowest BCUT2D eigenvalue weighted by Gasteiger charge is -2.21. The second-order valence-corrected chi connectivity index (χ2v) is 5.93. The first-order valence-corrected chi connectivity index (χ1v) is 7.68. The summed E-state index contributed by atoms with van der Waals surface area (Å²) in [5, 5.41) is 6.36. The van der Waals surface area contributed by atoms with Gasteiger partial charge in [0, 0.05) is 13.1 Å². The quantitative estimate of drug-likeness (QED) is 0.654. The van der Waals surface area contributed by atoms with Crippen molar-refractivity contribution >= 4 is 5.91 Å². The summed E-state index contributed by atoms with van der Waals surface area (Å²) in [6.07, 6.45) is 8.53. The van der Waals surface area contributed by atoms with Crippen LogP contribution >= 0.6 is 0 Å². The summed E-state index contributed by atoms with van der Waals surface area (Å²) in [5.41, 5.74) is 0. The van der Waals surface area contributed by atoms with Gasteiger partial charge in [-0.25, -0.2) is 0 Å². The molecule has 0 spiro atoms. The predicted molar refractivity (Wildman–Crippen MR) is 76.5 cm³/mol. The van der Waals surface area contributed by atoms with Gasteiger partial charge in [0.05, 0.1) is 5.92 Å². The molecule has 1 atom stereocenters. The van der Waals surface area contributed by atoms with Crippen LogP contribution in [-0.4, -0.2) is 25.5 Å². The Bertz CT molecular complexity index is 223. The van der Waals surface area contributed by atoms with Crippen molar-refractivity contribution < 1.29 is 4.79 Å². The van der Waals surface area contributed by atoms with Gasteiger partial charge in [-0.15, -0.1) is 0 Å². The third kappa shape index (κ3) is 7.00. The zero-order valence-corrected chi connectivity index (χ0v) is 12.1. The zero-order chi connectivity index (χ0) is 13.2. The smallest absolute Gasteiger partial charge is 0.224 e. The summed E-state index contributed by atoms with van der Waals surface area (Å²) in [5.74, 6) is 1.28. The van der Waals surface area contributed by atoms with E-state index in [1.165, 1.54) is 25.7 Å². The summed E-state index contributed by atoms with van der Waals surface area (Å²) >= 11 is 0. The molecule has 1 amide bonds. The van der Waals surface area contributed by atoms with Crippen LogP contribution in [0.5, 0.6) is 0 Å². The van der Waals surface area contributed by atoms with Crippen LogP contribution < -0.4 is 10.6 Å². The van der Waals surface area contributed by atoms with E-state index < -0.39 is 0 Å². The molecule has 1 aliphatic heterocycles. The van der Waals surface area contributed by atoms with Crippen molar-refractivity contribution in [2.45, 2.75) is 58.8 Å². The first-order chi connectivity index (χ1) is 8.70. The molecule has 2 N–H and O–H groups in total. The van der Waals surface area contributed by atoms with Gasteiger partial charge in [-0.2, -0.15) is 0 Å². The standard InChI is InChI=1S/C15H30N2O/c1-13(2)8-5-3-4-6-11-17-15(18)14-9-7-10-16-12-14/h13-14,16H,3-12H2,1-2H3,(H,17,18)/t14-/m0/s1. The summed E-state index contributed by atoms with van der Waals surface area (Å²) in [6, 6.07) is 0. The SMILES string of the molecule is CC(C)CCCCCCNC(=O)[C@H]1CCCNC1. The second-order valence-electron chi connectivity index (χ2n) is 5.93. The van der Waals surface area contributed by atoms with Crippen molar-refractivity contribution in [1.82, 2.24) is 10.6 Å². The van der Waals surface area contributed by atoms with Crippen molar-refractivity contribution in [1.29, 1.82) is 0 Å². The molecule has 0 radical (unpaired) electrons. The zero-order valence-electron chi connectivity index (χ0n) is 12.1. The normalized spacial score (nSPS) is 20.1. The molecule has 0 aromatic carbocycles. The van der Waals surface area contributed by atoms with Gasteiger partial charge in [0.15, 0.2) is 0 Å². The minimum absolute atomic E-state index is 0.208. The molecule has 3 heteroatoms. The van der Waals surface area contributed by atoms with E-state index in [2.05, 4.69) is 24.5 Å². The number of amides is 1. The summed E-state index contributed by atoms with van der Waals surface area (Å²) < 4.78 is 0. The molecule has 0 aliphatic carbocycles. The number of unbranched alkanes of at least 4 members (excludes halogenated alkanes) is 3. The Labute approximate surface area is 112 Å². The number of carbonyl (C=O) groups excluding carboxylic acids is 1. The maximum Gasteiger partial charge on any atom is 0.224 e. The molecule has 106 valence electrons. The Kier molecular flexibility index (Phi) is 8.06. The number of carbonyl (C=O) groups is 1. The average Bonchev–Trinajstić information content (AvgIpc) is 2.38. The summed E-state index contributed by atoms with van der Waals surface area (Å²) in [6.45, 7) is 7.34. The van der Waals surface area contributed by atoms with Crippen molar-refractivity contribution in [2.24, 2.45) is 11.8 Å². The molecule has 0 unspecified atom stereocenters. The molecule has 3 nitrogen and oxygen atoms in total. The van der Waals surface area contributed by atoms with Crippen LogP contribution in [-0.2, 0) is 4.79 Å². The van der Waals surface area contributed by atoms with Gasteiger partial charge in [0.25, 0.3) is 0 Å². The van der Waals surface area contributed by atoms with Gasteiger partial charge in [-0.1, -0.05) is 39.5 Å². The number of piperidine rings is 1. The molecule has 0 bridgehead atoms. The third-order valence-electron chi connectivity index (χ3n) is 3.68. The fourth-order valence-corrected chi connectivity index (χ4v) is 2.46. The molecule has 1 rings (SSSR count). The molecule has 1 fully saturated rings. The molecule has 1 aliphatic rings. The van der Waals surface area contributed by atoms with E-state index in [0.717, 1.165) is 44.8 Å². The van der Waals surface area contributed by atoms with Crippen LogP contribution in [0.4, 0.5) is 0 Å². The fourth-order valence-electron chi connectivity index (χ4n) is 2.46. The highest BCUT2D eigenvalue weighted by Crippen LogP contribution is 2.11. The van der Waals surface area contributed by atoms with Crippen LogP contribution in [0, 0.1) is 11.8 Å². The van der Waals surface area contributed by atoms with Crippen LogP contribution in [0.3, 0.4) is 0 Å². The lowest BCUT2D eigenvalue weighted by atomic mass is 9.99. The van der Waals surface area contributed by atoms with Gasteiger partial charge in [-0.3, -0.25) is 4.79 Å². The highest BCUT2D eigenvalue weighted by atomic mass is 16.1. The molecule has 0 aromatic heterocycles. The first-order valence-electron chi connectivity index (χ1n) is 7.68. The molecule has 0 aromatic rings. The van der Waals surface area contributed by atoms with Crippen molar-refractivity contribution in [3.63, 3.8) is 0 Å². The number of hydrogen-bond acceptors (Lipinski definition) is 2. The van der Waals surface area contributed by atoms with Crippen LogP contribution in [0.15, 0.2) is 0 Å². The van der Waals surface area contributed by atoms with E-state index in [0.29, 0.717) is 0 Å². The largest absolute Gasteiger partial charge is 0.356 e. The maximum atomic E-state index is 11.8. The Hall–Kier alpha value is -0.570. The molecular weight excluding hydrogens is 224 g/mol. The van der Waals surface area contributed by atoms with Crippen LogP contribution in [0.1, 0.15) is 58.8 Å². The van der Waals surface area contributed by atoms with Crippen LogP contribution in [0.25, 0.3) is 0 Å². The predicted octanol–water partition coefficient (Wildman–Crippen LogP) is 2.71. The van der Waals surface area contributed by atoms with E-state index >= 15 is 0 Å². The molecular formula is C15H30N2O. The van der Waals surface area contributed by atoms with Crippen molar-refractivity contribution in [2.75, 3.05) is 19.6 Å². The van der Waals surface area contributed by atoms with Gasteiger partial charge < -0.3 is 10.6 Å². The summed E-state index contributed by atoms with van der Waals surface area (Å²) in [7, 11) is 0. The Morgan fingerprint density at radius 1 is 1.28 bits per heavy atom. The van der Waals surface area contributed by atoms with E-state index in [9.17, 15) is 4.79 Å². The topological polar surface area (TPSA) is 41.1 Å². The number of hydrogen-bond donors (Lipinski definition) is 2. The molecule has 0 saturated carbocycles. The van der Waals surface area contributed by atoms with E-state index in [-0.39, 0.29) is 11.8 Å².